The number of benzene rings is 1. The van der Waals surface area contributed by atoms with Gasteiger partial charge in [0, 0.05) is 12.6 Å². The van der Waals surface area contributed by atoms with Gasteiger partial charge in [0.25, 0.3) is 0 Å². The Balaban J connectivity index is 2.97. The van der Waals surface area contributed by atoms with Crippen molar-refractivity contribution in [3.63, 3.8) is 0 Å². The highest BCUT2D eigenvalue weighted by Gasteiger charge is 2.09. The minimum atomic E-state index is 0.234. The molecule has 1 atom stereocenters. The van der Waals surface area contributed by atoms with Crippen molar-refractivity contribution in [3.05, 3.63) is 29.3 Å². The Labute approximate surface area is 90.9 Å². The molecule has 0 aromatic heterocycles. The Morgan fingerprint density at radius 1 is 1.53 bits per heavy atom. The molecule has 0 bridgehead atoms. The van der Waals surface area contributed by atoms with E-state index in [-0.39, 0.29) is 6.04 Å². The van der Waals surface area contributed by atoms with Crippen LogP contribution < -0.4 is 11.1 Å². The van der Waals surface area contributed by atoms with Gasteiger partial charge in [-0.3, -0.25) is 0 Å². The molecular weight excluding hydrogens is 186 g/mol. The van der Waals surface area contributed by atoms with E-state index in [2.05, 4.69) is 18.3 Å². The quantitative estimate of drug-likeness (QED) is 0.787. The lowest BCUT2D eigenvalue weighted by molar-refractivity contribution is 0.702. The number of nitrogens with one attached hydrogen (secondary N) is 1. The molecule has 0 radical (unpaired) electrons. The van der Waals surface area contributed by atoms with Crippen molar-refractivity contribution < 1.29 is 0 Å². The van der Waals surface area contributed by atoms with Crippen LogP contribution in [0.4, 0.5) is 5.69 Å². The first-order valence-electron chi connectivity index (χ1n) is 5.19. The summed E-state index contributed by atoms with van der Waals surface area (Å²) in [6.45, 7) is 4.65. The third kappa shape index (κ3) is 2.71. The van der Waals surface area contributed by atoms with Crippen LogP contribution in [0.5, 0.6) is 0 Å². The molecule has 0 aliphatic heterocycles. The van der Waals surface area contributed by atoms with Crippen LogP contribution in [0.1, 0.15) is 24.5 Å². The van der Waals surface area contributed by atoms with Crippen molar-refractivity contribution in [2.45, 2.75) is 26.3 Å². The SMILES string of the molecule is CCC(CN)Nc1c(C)cccc1C#N. The van der Waals surface area contributed by atoms with Gasteiger partial charge < -0.3 is 11.1 Å². The Morgan fingerprint density at radius 2 is 2.27 bits per heavy atom. The molecule has 0 amide bonds. The molecule has 1 rings (SSSR count). The molecule has 0 fully saturated rings. The summed E-state index contributed by atoms with van der Waals surface area (Å²) in [5.41, 5.74) is 8.31. The van der Waals surface area contributed by atoms with Crippen LogP contribution in [0.15, 0.2) is 18.2 Å². The van der Waals surface area contributed by atoms with Gasteiger partial charge in [0.2, 0.25) is 0 Å². The summed E-state index contributed by atoms with van der Waals surface area (Å²) >= 11 is 0. The van der Waals surface area contributed by atoms with Gasteiger partial charge in [0.1, 0.15) is 6.07 Å². The molecule has 3 heteroatoms. The number of nitriles is 1. The predicted molar refractivity (Wildman–Crippen MR) is 62.7 cm³/mol. The van der Waals surface area contributed by atoms with Crippen LogP contribution in [0, 0.1) is 18.3 Å². The number of nitrogens with zero attached hydrogens (tertiary/aromatic N) is 1. The topological polar surface area (TPSA) is 61.8 Å². The minimum absolute atomic E-state index is 0.234. The number of nitrogens with two attached hydrogens (primary N) is 1. The Hall–Kier alpha value is -1.53. The van der Waals surface area contributed by atoms with Gasteiger partial charge in [-0.25, -0.2) is 0 Å². The summed E-state index contributed by atoms with van der Waals surface area (Å²) in [4.78, 5) is 0. The molecule has 0 spiro atoms. The monoisotopic (exact) mass is 203 g/mol. The largest absolute Gasteiger partial charge is 0.380 e. The van der Waals surface area contributed by atoms with Gasteiger partial charge in [-0.15, -0.1) is 0 Å². The van der Waals surface area contributed by atoms with Crippen LogP contribution in [0.2, 0.25) is 0 Å². The maximum absolute atomic E-state index is 8.98. The first kappa shape index (κ1) is 11.5. The molecule has 1 aromatic carbocycles. The molecule has 0 aliphatic carbocycles. The van der Waals surface area contributed by atoms with E-state index in [0.29, 0.717) is 12.1 Å². The number of anilines is 1. The Morgan fingerprint density at radius 3 is 2.80 bits per heavy atom. The Kier molecular flexibility index (Phi) is 4.14. The lowest BCUT2D eigenvalue weighted by Crippen LogP contribution is -2.28. The molecule has 0 saturated carbocycles. The zero-order valence-electron chi connectivity index (χ0n) is 9.25. The molecule has 0 heterocycles. The van der Waals surface area contributed by atoms with Gasteiger partial charge >= 0.3 is 0 Å². The number of para-hydroxylation sites is 1. The van der Waals surface area contributed by atoms with Gasteiger partial charge in [0.15, 0.2) is 0 Å². The molecule has 3 nitrogen and oxygen atoms in total. The van der Waals surface area contributed by atoms with Gasteiger partial charge in [-0.05, 0) is 25.0 Å². The van der Waals surface area contributed by atoms with Crippen molar-refractivity contribution in [2.75, 3.05) is 11.9 Å². The predicted octanol–water partition coefficient (Wildman–Crippen LogP) is 2.02. The number of hydrogen-bond donors (Lipinski definition) is 2. The number of rotatable bonds is 4. The fourth-order valence-electron chi connectivity index (χ4n) is 1.48. The van der Waals surface area contributed by atoms with Crippen LogP contribution in [-0.4, -0.2) is 12.6 Å². The highest BCUT2D eigenvalue weighted by atomic mass is 14.9. The van der Waals surface area contributed by atoms with Crippen molar-refractivity contribution in [1.29, 1.82) is 5.26 Å². The summed E-state index contributed by atoms with van der Waals surface area (Å²) in [6, 6.07) is 8.12. The smallest absolute Gasteiger partial charge is 0.101 e. The minimum Gasteiger partial charge on any atom is -0.380 e. The molecule has 0 aliphatic rings. The van der Waals surface area contributed by atoms with E-state index in [1.165, 1.54) is 0 Å². The standard InChI is InChI=1S/C12H17N3/c1-3-11(8-14)15-12-9(2)5-4-6-10(12)7-13/h4-6,11,15H,3,8,14H2,1-2H3. The van der Waals surface area contributed by atoms with Gasteiger partial charge in [0.05, 0.1) is 11.3 Å². The highest BCUT2D eigenvalue weighted by Crippen LogP contribution is 2.20. The third-order valence-corrected chi connectivity index (χ3v) is 2.52. The maximum atomic E-state index is 8.98. The fraction of sp³-hybridized carbons (Fsp3) is 0.417. The van der Waals surface area contributed by atoms with Crippen LogP contribution in [0.25, 0.3) is 0 Å². The third-order valence-electron chi connectivity index (χ3n) is 2.52. The normalized spacial score (nSPS) is 11.9. The average Bonchev–Trinajstić information content (AvgIpc) is 2.27. The maximum Gasteiger partial charge on any atom is 0.101 e. The van der Waals surface area contributed by atoms with Crippen molar-refractivity contribution in [1.82, 2.24) is 0 Å². The Bertz CT molecular complexity index is 362. The summed E-state index contributed by atoms with van der Waals surface area (Å²) in [5, 5.41) is 12.3. The van der Waals surface area contributed by atoms with E-state index in [1.54, 1.807) is 0 Å². The average molecular weight is 203 g/mol. The number of hydrogen-bond acceptors (Lipinski definition) is 3. The number of aryl methyl sites for hydroxylation is 1. The molecule has 15 heavy (non-hydrogen) atoms. The van der Waals surface area contributed by atoms with Crippen molar-refractivity contribution >= 4 is 5.69 Å². The first-order valence-corrected chi connectivity index (χ1v) is 5.19. The van der Waals surface area contributed by atoms with E-state index in [1.807, 2.05) is 25.1 Å². The zero-order valence-corrected chi connectivity index (χ0v) is 9.25. The second-order valence-electron chi connectivity index (χ2n) is 3.59. The van der Waals surface area contributed by atoms with Gasteiger partial charge in [-0.1, -0.05) is 19.1 Å². The van der Waals surface area contributed by atoms with E-state index in [9.17, 15) is 0 Å². The second-order valence-corrected chi connectivity index (χ2v) is 3.59. The van der Waals surface area contributed by atoms with Crippen molar-refractivity contribution in [2.24, 2.45) is 5.73 Å². The molecule has 1 unspecified atom stereocenters. The molecule has 0 saturated heterocycles. The van der Waals surface area contributed by atoms with Crippen LogP contribution in [-0.2, 0) is 0 Å². The molecule has 3 N–H and O–H groups in total. The lowest BCUT2D eigenvalue weighted by Gasteiger charge is -2.18. The van der Waals surface area contributed by atoms with E-state index >= 15 is 0 Å². The van der Waals surface area contributed by atoms with Gasteiger partial charge in [-0.2, -0.15) is 5.26 Å². The zero-order chi connectivity index (χ0) is 11.3. The van der Waals surface area contributed by atoms with E-state index in [0.717, 1.165) is 17.7 Å². The second kappa shape index (κ2) is 5.38. The van der Waals surface area contributed by atoms with Crippen LogP contribution in [0.3, 0.4) is 0 Å². The summed E-state index contributed by atoms with van der Waals surface area (Å²) < 4.78 is 0. The van der Waals surface area contributed by atoms with Crippen LogP contribution >= 0.6 is 0 Å². The molecule has 80 valence electrons. The van der Waals surface area contributed by atoms with Crippen molar-refractivity contribution in [3.8, 4) is 6.07 Å². The molecule has 1 aromatic rings. The van der Waals surface area contributed by atoms with E-state index in [4.69, 9.17) is 11.0 Å². The summed E-state index contributed by atoms with van der Waals surface area (Å²) in [7, 11) is 0. The highest BCUT2D eigenvalue weighted by molar-refractivity contribution is 5.62. The molecular formula is C12H17N3. The lowest BCUT2D eigenvalue weighted by atomic mass is 10.1. The fourth-order valence-corrected chi connectivity index (χ4v) is 1.48. The van der Waals surface area contributed by atoms with E-state index < -0.39 is 0 Å². The summed E-state index contributed by atoms with van der Waals surface area (Å²) in [6.07, 6.45) is 0.954. The first-order chi connectivity index (χ1) is 7.22. The summed E-state index contributed by atoms with van der Waals surface area (Å²) in [5.74, 6) is 0.